The van der Waals surface area contributed by atoms with Crippen LogP contribution in [0.4, 0.5) is 17.6 Å². The van der Waals surface area contributed by atoms with Gasteiger partial charge in [-0.1, -0.05) is 44.2 Å². The van der Waals surface area contributed by atoms with Gasteiger partial charge < -0.3 is 20.6 Å². The molecule has 0 saturated carbocycles. The number of hydrogen-bond acceptors (Lipinski definition) is 7. The first-order valence-electron chi connectivity index (χ1n) is 14.1. The van der Waals surface area contributed by atoms with Gasteiger partial charge in [0.1, 0.15) is 29.8 Å². The highest BCUT2D eigenvalue weighted by atomic mass is 19.3. The van der Waals surface area contributed by atoms with Crippen LogP contribution in [0, 0.1) is 17.6 Å². The molecule has 15 heteroatoms. The molecule has 3 aromatic rings. The van der Waals surface area contributed by atoms with E-state index in [1.165, 1.54) is 4.90 Å². The molecule has 4 rings (SSSR count). The van der Waals surface area contributed by atoms with Crippen LogP contribution in [-0.4, -0.2) is 86.1 Å². The Hall–Kier alpha value is -4.40. The molecule has 0 spiro atoms. The average molecular weight is 620 g/mol. The van der Waals surface area contributed by atoms with Crippen molar-refractivity contribution in [2.24, 2.45) is 5.92 Å². The Labute approximate surface area is 250 Å². The predicted molar refractivity (Wildman–Crippen MR) is 149 cm³/mol. The lowest BCUT2D eigenvalue weighted by Gasteiger charge is -2.29. The third kappa shape index (κ3) is 7.75. The number of aliphatic hydroxyl groups is 1. The van der Waals surface area contributed by atoms with E-state index in [9.17, 15) is 37.1 Å². The minimum Gasteiger partial charge on any atom is -0.383 e. The number of benzene rings is 2. The SMILES string of the molecule is CC(C)[C@H](O)C(=O)N1C[C@H](c2ccccc2)CC1C(=O)N[C@@H](CC(F)F)C(=O)NCCc1c(F)cc(-c2nn[nH]n2)cc1F. The second-order valence-corrected chi connectivity index (χ2v) is 10.9. The number of nitrogens with zero attached hydrogens (tertiary/aromatic N) is 4. The highest BCUT2D eigenvalue weighted by Gasteiger charge is 2.43. The van der Waals surface area contributed by atoms with Crippen LogP contribution >= 0.6 is 0 Å². The van der Waals surface area contributed by atoms with E-state index in [0.29, 0.717) is 0 Å². The molecule has 1 aliphatic heterocycles. The van der Waals surface area contributed by atoms with Crippen molar-refractivity contribution in [2.45, 2.75) is 63.6 Å². The van der Waals surface area contributed by atoms with Gasteiger partial charge in [0.05, 0.1) is 0 Å². The zero-order chi connectivity index (χ0) is 32.0. The van der Waals surface area contributed by atoms with Gasteiger partial charge in [-0.3, -0.25) is 14.4 Å². The standard InChI is InChI=1S/C29H33F4N7O4/c1-15(2)25(41)29(44)40-14-18(16-6-4-3-5-7-16)12-23(40)28(43)35-22(13-24(32)33)27(42)34-9-8-19-20(30)10-17(11-21(19)31)26-36-38-39-37-26/h3-7,10-11,15,18,22-25,41H,8-9,12-14H2,1-2H3,(H,34,42)(H,35,43)(H,36,37,38,39)/t18-,22+,23?,25+/m1/s1. The number of likely N-dealkylation sites (tertiary alicyclic amines) is 1. The largest absolute Gasteiger partial charge is 0.383 e. The maximum Gasteiger partial charge on any atom is 0.252 e. The Morgan fingerprint density at radius 3 is 2.39 bits per heavy atom. The van der Waals surface area contributed by atoms with Gasteiger partial charge >= 0.3 is 0 Å². The number of nitrogens with one attached hydrogen (secondary N) is 3. The number of aromatic amines is 1. The zero-order valence-corrected chi connectivity index (χ0v) is 24.0. The summed E-state index contributed by atoms with van der Waals surface area (Å²) >= 11 is 0. The van der Waals surface area contributed by atoms with E-state index in [1.54, 1.807) is 26.0 Å². The second kappa shape index (κ2) is 14.4. The van der Waals surface area contributed by atoms with Gasteiger partial charge in [0.2, 0.25) is 24.1 Å². The molecule has 11 nitrogen and oxygen atoms in total. The molecule has 1 fully saturated rings. The number of amides is 3. The molecular weight excluding hydrogens is 586 g/mol. The molecule has 1 unspecified atom stereocenters. The first-order chi connectivity index (χ1) is 21.0. The molecule has 1 aliphatic rings. The van der Waals surface area contributed by atoms with Crippen molar-refractivity contribution in [3.8, 4) is 11.4 Å². The molecule has 0 radical (unpaired) electrons. The minimum atomic E-state index is -2.97. The van der Waals surface area contributed by atoms with Crippen molar-refractivity contribution < 1.29 is 37.1 Å². The summed E-state index contributed by atoms with van der Waals surface area (Å²) in [6.07, 6.45) is -5.56. The highest BCUT2D eigenvalue weighted by molar-refractivity contribution is 5.93. The van der Waals surface area contributed by atoms with Crippen LogP contribution in [0.5, 0.6) is 0 Å². The van der Waals surface area contributed by atoms with Crippen LogP contribution < -0.4 is 10.6 Å². The lowest BCUT2D eigenvalue weighted by Crippen LogP contribution is -2.55. The minimum absolute atomic E-state index is 0.0235. The number of rotatable bonds is 12. The smallest absolute Gasteiger partial charge is 0.252 e. The van der Waals surface area contributed by atoms with E-state index in [-0.39, 0.29) is 48.8 Å². The monoisotopic (exact) mass is 619 g/mol. The Morgan fingerprint density at radius 2 is 1.80 bits per heavy atom. The summed E-state index contributed by atoms with van der Waals surface area (Å²) in [5, 5.41) is 28.0. The van der Waals surface area contributed by atoms with Gasteiger partial charge in [0, 0.05) is 36.6 Å². The molecule has 2 aromatic carbocycles. The lowest BCUT2D eigenvalue weighted by molar-refractivity contribution is -0.147. The summed E-state index contributed by atoms with van der Waals surface area (Å²) in [5.74, 6) is -5.09. The third-order valence-electron chi connectivity index (χ3n) is 7.51. The fourth-order valence-electron chi connectivity index (χ4n) is 5.12. The normalized spacial score (nSPS) is 18.0. The van der Waals surface area contributed by atoms with E-state index in [0.717, 1.165) is 17.7 Å². The molecule has 4 atom stereocenters. The predicted octanol–water partition coefficient (Wildman–Crippen LogP) is 2.35. The first-order valence-corrected chi connectivity index (χ1v) is 14.1. The zero-order valence-electron chi connectivity index (χ0n) is 24.0. The Morgan fingerprint density at radius 1 is 1.11 bits per heavy atom. The number of hydrogen-bond donors (Lipinski definition) is 4. The van der Waals surface area contributed by atoms with E-state index in [1.807, 2.05) is 18.2 Å². The summed E-state index contributed by atoms with van der Waals surface area (Å²) in [6.45, 7) is 3.07. The van der Waals surface area contributed by atoms with E-state index in [4.69, 9.17) is 0 Å². The second-order valence-electron chi connectivity index (χ2n) is 10.9. The van der Waals surface area contributed by atoms with Crippen LogP contribution in [0.1, 0.15) is 43.7 Å². The maximum atomic E-state index is 14.6. The molecule has 1 saturated heterocycles. The number of alkyl halides is 2. The summed E-state index contributed by atoms with van der Waals surface area (Å²) in [5.41, 5.74) is 0.533. The van der Waals surface area contributed by atoms with Crippen LogP contribution in [-0.2, 0) is 20.8 Å². The summed E-state index contributed by atoms with van der Waals surface area (Å²) < 4.78 is 56.2. The Balaban J connectivity index is 1.44. The molecule has 3 amide bonds. The third-order valence-corrected chi connectivity index (χ3v) is 7.51. The van der Waals surface area contributed by atoms with Crippen LogP contribution in [0.3, 0.4) is 0 Å². The quantitative estimate of drug-likeness (QED) is 0.227. The molecule has 4 N–H and O–H groups in total. The van der Waals surface area contributed by atoms with E-state index < -0.39 is 66.3 Å². The number of halogens is 4. The van der Waals surface area contributed by atoms with Gasteiger partial charge in [0.25, 0.3) is 5.91 Å². The van der Waals surface area contributed by atoms with Crippen molar-refractivity contribution in [3.05, 3.63) is 65.2 Å². The number of tetrazole rings is 1. The molecule has 44 heavy (non-hydrogen) atoms. The van der Waals surface area contributed by atoms with Crippen molar-refractivity contribution in [1.82, 2.24) is 36.2 Å². The number of aliphatic hydroxyl groups excluding tert-OH is 1. The first kappa shape index (κ1) is 32.5. The average Bonchev–Trinajstić information content (AvgIpc) is 3.69. The van der Waals surface area contributed by atoms with Crippen LogP contribution in [0.2, 0.25) is 0 Å². The highest BCUT2D eigenvalue weighted by Crippen LogP contribution is 2.33. The molecule has 236 valence electrons. The molecule has 1 aromatic heterocycles. The van der Waals surface area contributed by atoms with Crippen LogP contribution in [0.25, 0.3) is 11.4 Å². The van der Waals surface area contributed by atoms with E-state index in [2.05, 4.69) is 31.3 Å². The molecule has 2 heterocycles. The fourth-order valence-corrected chi connectivity index (χ4v) is 5.12. The number of carbonyl (C=O) groups is 3. The van der Waals surface area contributed by atoms with E-state index >= 15 is 0 Å². The van der Waals surface area contributed by atoms with Gasteiger partial charge in [-0.25, -0.2) is 17.6 Å². The fraction of sp³-hybridized carbons (Fsp3) is 0.448. The Bertz CT molecular complexity index is 1420. The Kier molecular flexibility index (Phi) is 10.6. The number of H-pyrrole nitrogens is 1. The van der Waals surface area contributed by atoms with Crippen molar-refractivity contribution in [2.75, 3.05) is 13.1 Å². The summed E-state index contributed by atoms with van der Waals surface area (Å²) in [4.78, 5) is 40.7. The topological polar surface area (TPSA) is 153 Å². The lowest BCUT2D eigenvalue weighted by atomic mass is 9.96. The molecule has 0 aliphatic carbocycles. The molecule has 0 bridgehead atoms. The van der Waals surface area contributed by atoms with Crippen molar-refractivity contribution in [3.63, 3.8) is 0 Å². The number of aromatic nitrogens is 4. The van der Waals surface area contributed by atoms with Crippen molar-refractivity contribution in [1.29, 1.82) is 0 Å². The summed E-state index contributed by atoms with van der Waals surface area (Å²) in [6, 6.07) is 8.28. The van der Waals surface area contributed by atoms with Gasteiger partial charge in [-0.2, -0.15) is 5.21 Å². The maximum absolute atomic E-state index is 14.6. The van der Waals surface area contributed by atoms with Gasteiger partial charge in [-0.15, -0.1) is 10.2 Å². The van der Waals surface area contributed by atoms with Crippen LogP contribution in [0.15, 0.2) is 42.5 Å². The summed E-state index contributed by atoms with van der Waals surface area (Å²) in [7, 11) is 0. The van der Waals surface area contributed by atoms with Gasteiger partial charge in [0.15, 0.2) is 0 Å². The number of carbonyl (C=O) groups excluding carboxylic acids is 3. The van der Waals surface area contributed by atoms with Gasteiger partial charge in [-0.05, 0) is 41.7 Å². The molecular formula is C29H33F4N7O4. The van der Waals surface area contributed by atoms with Crippen molar-refractivity contribution >= 4 is 17.7 Å².